The van der Waals surface area contributed by atoms with Crippen molar-refractivity contribution in [3.8, 4) is 0 Å². The largest absolute Gasteiger partial charge is 0.405 e. The number of nitrogens with zero attached hydrogens (tertiary/aromatic N) is 1. The molecule has 9 heteroatoms. The first-order valence-electron chi connectivity index (χ1n) is 9.35. The number of carbonyl (C=O) groups is 3. The van der Waals surface area contributed by atoms with Crippen molar-refractivity contribution in [2.24, 2.45) is 0 Å². The summed E-state index contributed by atoms with van der Waals surface area (Å²) < 4.78 is 36.5. The van der Waals surface area contributed by atoms with Crippen molar-refractivity contribution in [3.63, 3.8) is 0 Å². The monoisotopic (exact) mass is 419 g/mol. The first-order valence-corrected chi connectivity index (χ1v) is 9.35. The summed E-state index contributed by atoms with van der Waals surface area (Å²) in [4.78, 5) is 37.4. The lowest BCUT2D eigenvalue weighted by Crippen LogP contribution is -2.33. The second kappa shape index (κ2) is 8.98. The zero-order chi connectivity index (χ0) is 21.7. The van der Waals surface area contributed by atoms with Crippen molar-refractivity contribution in [2.75, 3.05) is 23.3 Å². The van der Waals surface area contributed by atoms with Crippen LogP contribution < -0.4 is 15.5 Å². The Kier molecular flexibility index (Phi) is 6.39. The summed E-state index contributed by atoms with van der Waals surface area (Å²) in [6, 6.07) is 12.8. The molecule has 0 unspecified atom stereocenters. The summed E-state index contributed by atoms with van der Waals surface area (Å²) >= 11 is 0. The van der Waals surface area contributed by atoms with E-state index in [1.165, 1.54) is 24.3 Å². The van der Waals surface area contributed by atoms with Crippen molar-refractivity contribution in [3.05, 3.63) is 59.7 Å². The highest BCUT2D eigenvalue weighted by Gasteiger charge is 2.27. The van der Waals surface area contributed by atoms with Crippen LogP contribution in [0, 0.1) is 0 Å². The van der Waals surface area contributed by atoms with E-state index in [0.29, 0.717) is 18.7 Å². The first-order chi connectivity index (χ1) is 14.2. The molecule has 0 spiro atoms. The van der Waals surface area contributed by atoms with E-state index >= 15 is 0 Å². The molecule has 2 N–H and O–H groups in total. The molecule has 0 saturated carbocycles. The molecule has 0 aromatic heterocycles. The maximum Gasteiger partial charge on any atom is 0.405 e. The van der Waals surface area contributed by atoms with E-state index in [1.807, 2.05) is 0 Å². The zero-order valence-electron chi connectivity index (χ0n) is 16.0. The van der Waals surface area contributed by atoms with Gasteiger partial charge in [-0.05, 0) is 48.4 Å². The number of hydrogen-bond acceptors (Lipinski definition) is 3. The van der Waals surface area contributed by atoms with Gasteiger partial charge in [0.25, 0.3) is 5.91 Å². The molecule has 1 aliphatic rings. The van der Waals surface area contributed by atoms with Crippen LogP contribution in [0.1, 0.15) is 28.8 Å². The molecular weight excluding hydrogens is 399 g/mol. The molecule has 3 rings (SSSR count). The third-order valence-electron chi connectivity index (χ3n) is 4.57. The van der Waals surface area contributed by atoms with Gasteiger partial charge >= 0.3 is 6.18 Å². The SMILES string of the molecule is O=C(Cc1ccc(N2CCCC2=O)cc1)Nc1ccc(C(=O)NCC(F)(F)F)cc1. The van der Waals surface area contributed by atoms with Gasteiger partial charge in [-0.3, -0.25) is 14.4 Å². The van der Waals surface area contributed by atoms with Crippen LogP contribution in [-0.2, 0) is 16.0 Å². The fraction of sp³-hybridized carbons (Fsp3) is 0.286. The van der Waals surface area contributed by atoms with E-state index in [9.17, 15) is 27.6 Å². The summed E-state index contributed by atoms with van der Waals surface area (Å²) in [7, 11) is 0. The Morgan fingerprint density at radius 1 is 1.00 bits per heavy atom. The number of carbonyl (C=O) groups excluding carboxylic acids is 3. The number of anilines is 2. The Hall–Kier alpha value is -3.36. The van der Waals surface area contributed by atoms with Gasteiger partial charge in [-0.15, -0.1) is 0 Å². The van der Waals surface area contributed by atoms with Gasteiger partial charge in [0, 0.05) is 29.9 Å². The van der Waals surface area contributed by atoms with Gasteiger partial charge in [0.05, 0.1) is 6.42 Å². The van der Waals surface area contributed by atoms with Crippen molar-refractivity contribution in [1.82, 2.24) is 5.32 Å². The third-order valence-corrected chi connectivity index (χ3v) is 4.57. The quantitative estimate of drug-likeness (QED) is 0.754. The van der Waals surface area contributed by atoms with Crippen molar-refractivity contribution in [1.29, 1.82) is 0 Å². The van der Waals surface area contributed by atoms with Crippen molar-refractivity contribution in [2.45, 2.75) is 25.4 Å². The molecular formula is C21H20F3N3O3. The molecule has 1 fully saturated rings. The minimum absolute atomic E-state index is 0.0595. The fourth-order valence-electron chi connectivity index (χ4n) is 3.09. The van der Waals surface area contributed by atoms with Crippen molar-refractivity contribution < 1.29 is 27.6 Å². The maximum absolute atomic E-state index is 12.2. The van der Waals surface area contributed by atoms with Crippen LogP contribution in [0.4, 0.5) is 24.5 Å². The highest BCUT2D eigenvalue weighted by atomic mass is 19.4. The Balaban J connectivity index is 1.52. The highest BCUT2D eigenvalue weighted by molar-refractivity contribution is 5.97. The first kappa shape index (κ1) is 21.4. The highest BCUT2D eigenvalue weighted by Crippen LogP contribution is 2.22. The summed E-state index contributed by atoms with van der Waals surface area (Å²) in [5, 5.41) is 4.46. The molecule has 0 atom stereocenters. The van der Waals surface area contributed by atoms with Crippen LogP contribution in [0.15, 0.2) is 48.5 Å². The van der Waals surface area contributed by atoms with Crippen LogP contribution in [0.3, 0.4) is 0 Å². The van der Waals surface area contributed by atoms with Gasteiger partial charge in [0.15, 0.2) is 0 Å². The number of amides is 3. The number of alkyl halides is 3. The average Bonchev–Trinajstić information content (AvgIpc) is 3.12. The molecule has 0 aliphatic carbocycles. The summed E-state index contributed by atoms with van der Waals surface area (Å²) in [6.07, 6.45) is -2.98. The lowest BCUT2D eigenvalue weighted by atomic mass is 10.1. The van der Waals surface area contributed by atoms with Gasteiger partial charge in [0.2, 0.25) is 11.8 Å². The molecule has 2 aromatic rings. The number of nitrogens with one attached hydrogen (secondary N) is 2. The van der Waals surface area contributed by atoms with Gasteiger partial charge in [-0.25, -0.2) is 0 Å². The van der Waals surface area contributed by atoms with Crippen LogP contribution >= 0.6 is 0 Å². The Morgan fingerprint density at radius 2 is 1.67 bits per heavy atom. The number of rotatable bonds is 6. The predicted molar refractivity (Wildman–Crippen MR) is 105 cm³/mol. The van der Waals surface area contributed by atoms with E-state index in [4.69, 9.17) is 0 Å². The Morgan fingerprint density at radius 3 is 2.23 bits per heavy atom. The molecule has 6 nitrogen and oxygen atoms in total. The molecule has 0 radical (unpaired) electrons. The number of hydrogen-bond donors (Lipinski definition) is 2. The summed E-state index contributed by atoms with van der Waals surface area (Å²) in [5.41, 5.74) is 2.06. The molecule has 1 aliphatic heterocycles. The van der Waals surface area contributed by atoms with E-state index in [2.05, 4.69) is 5.32 Å². The molecule has 2 aromatic carbocycles. The van der Waals surface area contributed by atoms with Crippen LogP contribution in [0.2, 0.25) is 0 Å². The Labute approximate surface area is 171 Å². The lowest BCUT2D eigenvalue weighted by molar-refractivity contribution is -0.123. The van der Waals surface area contributed by atoms with E-state index < -0.39 is 18.6 Å². The summed E-state index contributed by atoms with van der Waals surface area (Å²) in [6.45, 7) is -0.710. The minimum atomic E-state index is -4.48. The topological polar surface area (TPSA) is 78.5 Å². The summed E-state index contributed by atoms with van der Waals surface area (Å²) in [5.74, 6) is -1.04. The van der Waals surface area contributed by atoms with Gasteiger partial charge in [0.1, 0.15) is 6.54 Å². The molecule has 3 amide bonds. The molecule has 1 heterocycles. The molecule has 0 bridgehead atoms. The van der Waals surface area contributed by atoms with E-state index in [-0.39, 0.29) is 23.8 Å². The fourth-order valence-corrected chi connectivity index (χ4v) is 3.09. The van der Waals surface area contributed by atoms with E-state index in [1.54, 1.807) is 34.5 Å². The minimum Gasteiger partial charge on any atom is -0.343 e. The molecule has 1 saturated heterocycles. The van der Waals surface area contributed by atoms with Gasteiger partial charge in [-0.2, -0.15) is 13.2 Å². The smallest absolute Gasteiger partial charge is 0.343 e. The second-order valence-corrected chi connectivity index (χ2v) is 6.92. The van der Waals surface area contributed by atoms with Gasteiger partial charge < -0.3 is 15.5 Å². The lowest BCUT2D eigenvalue weighted by Gasteiger charge is -2.15. The number of halogens is 3. The molecule has 30 heavy (non-hydrogen) atoms. The van der Waals surface area contributed by atoms with Crippen LogP contribution in [0.5, 0.6) is 0 Å². The zero-order valence-corrected chi connectivity index (χ0v) is 16.0. The average molecular weight is 419 g/mol. The number of benzene rings is 2. The van der Waals surface area contributed by atoms with Crippen LogP contribution in [0.25, 0.3) is 0 Å². The second-order valence-electron chi connectivity index (χ2n) is 6.92. The standard InChI is InChI=1S/C21H20F3N3O3/c22-21(23,24)13-25-20(30)15-5-7-16(8-6-15)26-18(28)12-14-3-9-17(10-4-14)27-11-1-2-19(27)29/h3-10H,1-2,11-13H2,(H,25,30)(H,26,28). The van der Waals surface area contributed by atoms with Gasteiger partial charge in [-0.1, -0.05) is 12.1 Å². The molecule has 158 valence electrons. The normalized spacial score (nSPS) is 14.0. The van der Waals surface area contributed by atoms with Crippen LogP contribution in [-0.4, -0.2) is 37.0 Å². The predicted octanol–water partition coefficient (Wildman–Crippen LogP) is 3.29. The third kappa shape index (κ3) is 5.82. The van der Waals surface area contributed by atoms with E-state index in [0.717, 1.165) is 17.7 Å². The van der Waals surface area contributed by atoms with Crippen molar-refractivity contribution >= 4 is 29.1 Å². The Bertz CT molecular complexity index is 925. The maximum atomic E-state index is 12.2.